The first-order valence-electron chi connectivity index (χ1n) is 8.86. The summed E-state index contributed by atoms with van der Waals surface area (Å²) in [6.07, 6.45) is -5.35. The maximum atomic E-state index is 13.3. The Labute approximate surface area is 167 Å². The van der Waals surface area contributed by atoms with Crippen molar-refractivity contribution in [2.24, 2.45) is 11.8 Å². The summed E-state index contributed by atoms with van der Waals surface area (Å²) in [6.45, 7) is 2.61. The van der Waals surface area contributed by atoms with Crippen LogP contribution in [0.2, 0.25) is 0 Å². The van der Waals surface area contributed by atoms with Gasteiger partial charge in [0.1, 0.15) is 5.60 Å². The molecule has 0 radical (unpaired) electrons. The zero-order valence-electron chi connectivity index (χ0n) is 15.6. The highest BCUT2D eigenvalue weighted by atomic mass is 19.4. The number of alkyl halides is 3. The molecular formula is C19H15F3N2O6. The van der Waals surface area contributed by atoms with Crippen LogP contribution in [-0.2, 0) is 25.3 Å². The Kier molecular flexibility index (Phi) is 3.78. The lowest BCUT2D eigenvalue weighted by Crippen LogP contribution is -2.62. The summed E-state index contributed by atoms with van der Waals surface area (Å²) >= 11 is 0. The number of carbonyl (C=O) groups is 3. The van der Waals surface area contributed by atoms with Crippen molar-refractivity contribution in [2.75, 3.05) is 4.90 Å². The van der Waals surface area contributed by atoms with Gasteiger partial charge in [0, 0.05) is 6.42 Å². The molecule has 0 unspecified atom stereocenters. The molecular weight excluding hydrogens is 409 g/mol. The Balaban J connectivity index is 1.83. The first kappa shape index (κ1) is 20.3. The number of carboxylic acid groups (broad SMARTS) is 1. The van der Waals surface area contributed by atoms with Crippen molar-refractivity contribution in [1.82, 2.24) is 0 Å². The van der Waals surface area contributed by atoms with Crippen LogP contribution in [0.4, 0.5) is 18.9 Å². The highest BCUT2D eigenvalue weighted by Gasteiger charge is 2.82. The molecule has 0 aliphatic carbocycles. The minimum Gasteiger partial charge on any atom is -0.479 e. The fourth-order valence-electron chi connectivity index (χ4n) is 5.17. The second-order valence-corrected chi connectivity index (χ2v) is 8.17. The number of anilines is 1. The van der Waals surface area contributed by atoms with Crippen molar-refractivity contribution in [3.8, 4) is 6.07 Å². The average molecular weight is 424 g/mol. The van der Waals surface area contributed by atoms with Crippen LogP contribution in [0.1, 0.15) is 31.4 Å². The molecule has 11 heteroatoms. The number of benzene rings is 1. The summed E-state index contributed by atoms with van der Waals surface area (Å²) in [4.78, 5) is 38.5. The van der Waals surface area contributed by atoms with Gasteiger partial charge >= 0.3 is 12.1 Å². The van der Waals surface area contributed by atoms with Gasteiger partial charge in [0.15, 0.2) is 5.60 Å². The van der Waals surface area contributed by atoms with Crippen molar-refractivity contribution >= 4 is 23.5 Å². The quantitative estimate of drug-likeness (QED) is 0.688. The van der Waals surface area contributed by atoms with Crippen LogP contribution in [0.3, 0.4) is 0 Å². The normalized spacial score (nSPS) is 37.4. The number of amides is 2. The van der Waals surface area contributed by atoms with Crippen LogP contribution < -0.4 is 4.90 Å². The molecule has 8 nitrogen and oxygen atoms in total. The van der Waals surface area contributed by atoms with Gasteiger partial charge in [-0.2, -0.15) is 18.4 Å². The maximum Gasteiger partial charge on any atom is 0.417 e. The zero-order valence-corrected chi connectivity index (χ0v) is 15.6. The molecule has 0 spiro atoms. The Morgan fingerprint density at radius 1 is 1.27 bits per heavy atom. The third kappa shape index (κ3) is 2.20. The van der Waals surface area contributed by atoms with Crippen molar-refractivity contribution in [1.29, 1.82) is 5.26 Å². The van der Waals surface area contributed by atoms with E-state index in [2.05, 4.69) is 0 Å². The molecule has 0 saturated carbocycles. The molecule has 3 fully saturated rings. The topological polar surface area (TPSA) is 128 Å². The lowest BCUT2D eigenvalue weighted by molar-refractivity contribution is -0.182. The molecule has 2 amide bonds. The summed E-state index contributed by atoms with van der Waals surface area (Å²) < 4.78 is 45.7. The largest absolute Gasteiger partial charge is 0.479 e. The summed E-state index contributed by atoms with van der Waals surface area (Å²) in [5.41, 5.74) is -8.26. The van der Waals surface area contributed by atoms with E-state index >= 15 is 0 Å². The molecule has 2 N–H and O–H groups in total. The number of rotatable bonds is 2. The summed E-state index contributed by atoms with van der Waals surface area (Å²) in [5.74, 6) is -5.99. The van der Waals surface area contributed by atoms with Crippen LogP contribution in [0.5, 0.6) is 0 Å². The molecule has 1 aromatic rings. The molecule has 2 bridgehead atoms. The number of aliphatic hydroxyl groups is 1. The van der Waals surface area contributed by atoms with Crippen molar-refractivity contribution in [3.05, 3.63) is 29.3 Å². The second-order valence-electron chi connectivity index (χ2n) is 8.17. The monoisotopic (exact) mass is 424 g/mol. The van der Waals surface area contributed by atoms with Gasteiger partial charge in [-0.15, -0.1) is 0 Å². The molecule has 0 aromatic heterocycles. The number of fused-ring (bicyclic) bond motifs is 5. The van der Waals surface area contributed by atoms with E-state index in [1.54, 1.807) is 0 Å². The number of aliphatic carboxylic acids is 1. The van der Waals surface area contributed by atoms with Crippen LogP contribution >= 0.6 is 0 Å². The Hall–Kier alpha value is -2.97. The van der Waals surface area contributed by atoms with E-state index in [0.29, 0.717) is 11.0 Å². The number of imide groups is 1. The summed E-state index contributed by atoms with van der Waals surface area (Å²) in [5, 5.41) is 29.2. The molecule has 3 saturated heterocycles. The minimum atomic E-state index is -4.90. The minimum absolute atomic E-state index is 0.392. The molecule has 4 rings (SSSR count). The van der Waals surface area contributed by atoms with Crippen molar-refractivity contribution < 1.29 is 42.5 Å². The number of carbonyl (C=O) groups excluding carboxylic acids is 2. The molecule has 1 aromatic carbocycles. The van der Waals surface area contributed by atoms with Gasteiger partial charge in [0.25, 0.3) is 0 Å². The molecule has 3 aliphatic heterocycles. The number of hydrogen-bond donors (Lipinski definition) is 2. The molecule has 30 heavy (non-hydrogen) atoms. The van der Waals surface area contributed by atoms with Gasteiger partial charge in [-0.3, -0.25) is 9.59 Å². The zero-order chi connectivity index (χ0) is 22.4. The van der Waals surface area contributed by atoms with Crippen molar-refractivity contribution in [3.63, 3.8) is 0 Å². The van der Waals surface area contributed by atoms with E-state index in [9.17, 15) is 37.8 Å². The average Bonchev–Trinajstić information content (AvgIpc) is 3.13. The van der Waals surface area contributed by atoms with Crippen molar-refractivity contribution in [2.45, 2.75) is 43.2 Å². The first-order chi connectivity index (χ1) is 13.7. The standard InChI is InChI=1S/C19H15F3N2O6/c1-16-7-18(29,15(27)28)17(2,30-16)12-11(16)13(25)24(14(12)26)9-4-3-8(6-23)10(5-9)19(20,21)22/h3-5,11-12,29H,7H2,1-2H3,(H,27,28)/t11-,12+,16-,17-,18-/m1/s1. The lowest BCUT2D eigenvalue weighted by atomic mass is 9.61. The Bertz CT molecular complexity index is 1070. The third-order valence-electron chi connectivity index (χ3n) is 6.47. The van der Waals surface area contributed by atoms with E-state index in [1.807, 2.05) is 0 Å². The van der Waals surface area contributed by atoms with Gasteiger partial charge in [-0.25, -0.2) is 9.69 Å². The molecule has 3 heterocycles. The third-order valence-corrected chi connectivity index (χ3v) is 6.47. The predicted octanol–water partition coefficient (Wildman–Crippen LogP) is 1.45. The summed E-state index contributed by atoms with van der Waals surface area (Å²) in [7, 11) is 0. The van der Waals surface area contributed by atoms with E-state index in [0.717, 1.165) is 12.1 Å². The van der Waals surface area contributed by atoms with Gasteiger partial charge in [0.05, 0.1) is 40.3 Å². The van der Waals surface area contributed by atoms with Crippen LogP contribution in [0.25, 0.3) is 0 Å². The number of halogens is 3. The fourth-order valence-corrected chi connectivity index (χ4v) is 5.17. The number of carboxylic acids is 1. The molecule has 158 valence electrons. The van der Waals surface area contributed by atoms with E-state index in [1.165, 1.54) is 19.9 Å². The van der Waals surface area contributed by atoms with Crippen LogP contribution in [0, 0.1) is 23.2 Å². The molecule has 3 aliphatic rings. The van der Waals surface area contributed by atoms with Gasteiger partial charge in [0.2, 0.25) is 11.8 Å². The Morgan fingerprint density at radius 3 is 2.40 bits per heavy atom. The highest BCUT2D eigenvalue weighted by Crippen LogP contribution is 2.64. The second kappa shape index (κ2) is 5.59. The fraction of sp³-hybridized carbons (Fsp3) is 0.474. The van der Waals surface area contributed by atoms with Gasteiger partial charge in [-0.1, -0.05) is 0 Å². The first-order valence-corrected chi connectivity index (χ1v) is 8.86. The smallest absolute Gasteiger partial charge is 0.417 e. The van der Waals surface area contributed by atoms with E-state index in [4.69, 9.17) is 10.00 Å². The number of ether oxygens (including phenoxy) is 1. The van der Waals surface area contributed by atoms with Crippen LogP contribution in [-0.4, -0.2) is 44.8 Å². The van der Waals surface area contributed by atoms with E-state index < -0.39 is 75.8 Å². The van der Waals surface area contributed by atoms with E-state index in [-0.39, 0.29) is 0 Å². The van der Waals surface area contributed by atoms with Gasteiger partial charge < -0.3 is 14.9 Å². The lowest BCUT2D eigenvalue weighted by Gasteiger charge is -2.39. The SMILES string of the molecule is C[C@]12C[C@@](O)(C(=O)O)[C@](C)(O1)[C@@H]1C(=O)N(c3ccc(C#N)c(C(F)(F)F)c3)C(=O)[C@@H]12. The number of nitrogens with zero attached hydrogens (tertiary/aromatic N) is 2. The number of nitriles is 1. The maximum absolute atomic E-state index is 13.3. The highest BCUT2D eigenvalue weighted by molar-refractivity contribution is 6.23. The van der Waals surface area contributed by atoms with Crippen LogP contribution in [0.15, 0.2) is 18.2 Å². The molecule has 5 atom stereocenters. The summed E-state index contributed by atoms with van der Waals surface area (Å²) in [6, 6.07) is 3.85. The van der Waals surface area contributed by atoms with Gasteiger partial charge in [-0.05, 0) is 32.0 Å². The Morgan fingerprint density at radius 2 is 1.87 bits per heavy atom. The predicted molar refractivity (Wildman–Crippen MR) is 90.7 cm³/mol. The number of hydrogen-bond acceptors (Lipinski definition) is 6.